The first-order valence-corrected chi connectivity index (χ1v) is 5.50. The maximum atomic E-state index is 11.6. The number of primary amides is 1. The van der Waals surface area contributed by atoms with Crippen LogP contribution >= 0.6 is 0 Å². The minimum Gasteiger partial charge on any atom is -0.368 e. The number of carbonyl (C=O) groups is 3. The first-order valence-electron chi connectivity index (χ1n) is 5.50. The van der Waals surface area contributed by atoms with Gasteiger partial charge in [0.05, 0.1) is 6.54 Å². The van der Waals surface area contributed by atoms with Gasteiger partial charge in [-0.05, 0) is 25.8 Å². The van der Waals surface area contributed by atoms with E-state index < -0.39 is 17.9 Å². The summed E-state index contributed by atoms with van der Waals surface area (Å²) in [6.45, 7) is 1.64. The molecular weight excluding hydrogens is 224 g/mol. The zero-order valence-electron chi connectivity index (χ0n) is 9.99. The fourth-order valence-electron chi connectivity index (χ4n) is 1.30. The van der Waals surface area contributed by atoms with E-state index in [0.29, 0.717) is 13.0 Å². The fraction of sp³-hybridized carbons (Fsp3) is 0.700. The Bertz CT molecular complexity index is 281. The standard InChI is InChI=1S/C10H20N4O3/c1-7(15)14-8(4-2-3-5-11)10(17)13-6-9(12)16/h8H,2-6,11H2,1H3,(H2,12,16)(H,13,17)(H,14,15). The maximum absolute atomic E-state index is 11.6. The summed E-state index contributed by atoms with van der Waals surface area (Å²) in [7, 11) is 0. The van der Waals surface area contributed by atoms with Crippen LogP contribution in [0.5, 0.6) is 0 Å². The van der Waals surface area contributed by atoms with Gasteiger partial charge in [-0.15, -0.1) is 0 Å². The van der Waals surface area contributed by atoms with E-state index in [2.05, 4.69) is 10.6 Å². The van der Waals surface area contributed by atoms with Crippen LogP contribution in [0.4, 0.5) is 0 Å². The van der Waals surface area contributed by atoms with Gasteiger partial charge in [-0.3, -0.25) is 14.4 Å². The van der Waals surface area contributed by atoms with Gasteiger partial charge in [-0.1, -0.05) is 0 Å². The second kappa shape index (κ2) is 8.51. The molecule has 1 atom stereocenters. The topological polar surface area (TPSA) is 127 Å². The largest absolute Gasteiger partial charge is 0.368 e. The van der Waals surface area contributed by atoms with Gasteiger partial charge >= 0.3 is 0 Å². The highest BCUT2D eigenvalue weighted by molar-refractivity contribution is 5.89. The summed E-state index contributed by atoms with van der Waals surface area (Å²) in [5.74, 6) is -1.32. The molecule has 0 fully saturated rings. The summed E-state index contributed by atoms with van der Waals surface area (Å²) >= 11 is 0. The van der Waals surface area contributed by atoms with Crippen LogP contribution in [0.15, 0.2) is 0 Å². The summed E-state index contributed by atoms with van der Waals surface area (Å²) < 4.78 is 0. The molecule has 0 spiro atoms. The van der Waals surface area contributed by atoms with Gasteiger partial charge in [0.1, 0.15) is 6.04 Å². The highest BCUT2D eigenvalue weighted by Gasteiger charge is 2.18. The van der Waals surface area contributed by atoms with E-state index in [0.717, 1.165) is 12.8 Å². The number of amides is 3. The van der Waals surface area contributed by atoms with Crippen molar-refractivity contribution in [1.29, 1.82) is 0 Å². The molecule has 98 valence electrons. The van der Waals surface area contributed by atoms with Crippen molar-refractivity contribution in [1.82, 2.24) is 10.6 Å². The number of carbonyl (C=O) groups excluding carboxylic acids is 3. The molecule has 0 aromatic heterocycles. The van der Waals surface area contributed by atoms with E-state index in [1.165, 1.54) is 6.92 Å². The van der Waals surface area contributed by atoms with Crippen molar-refractivity contribution in [3.63, 3.8) is 0 Å². The molecule has 0 bridgehead atoms. The third kappa shape index (κ3) is 8.21. The van der Waals surface area contributed by atoms with Crippen LogP contribution in [0.1, 0.15) is 26.2 Å². The molecule has 0 aromatic rings. The maximum Gasteiger partial charge on any atom is 0.243 e. The van der Waals surface area contributed by atoms with Crippen molar-refractivity contribution in [2.24, 2.45) is 11.5 Å². The Morgan fingerprint density at radius 2 is 1.88 bits per heavy atom. The first-order chi connectivity index (χ1) is 7.97. The highest BCUT2D eigenvalue weighted by Crippen LogP contribution is 2.00. The van der Waals surface area contributed by atoms with E-state index in [1.54, 1.807) is 0 Å². The molecule has 7 nitrogen and oxygen atoms in total. The van der Waals surface area contributed by atoms with E-state index >= 15 is 0 Å². The number of nitrogens with one attached hydrogen (secondary N) is 2. The van der Waals surface area contributed by atoms with Crippen LogP contribution in [0, 0.1) is 0 Å². The molecule has 0 heterocycles. The van der Waals surface area contributed by atoms with Gasteiger partial charge in [0.2, 0.25) is 17.7 Å². The minimum absolute atomic E-state index is 0.230. The Hall–Kier alpha value is -1.63. The second-order valence-electron chi connectivity index (χ2n) is 3.72. The van der Waals surface area contributed by atoms with Crippen molar-refractivity contribution < 1.29 is 14.4 Å². The van der Waals surface area contributed by atoms with Crippen LogP contribution in [-0.4, -0.2) is 36.9 Å². The Kier molecular flexibility index (Phi) is 7.70. The third-order valence-electron chi connectivity index (χ3n) is 2.08. The Balaban J connectivity index is 4.18. The molecule has 1 unspecified atom stereocenters. The lowest BCUT2D eigenvalue weighted by Crippen LogP contribution is -2.48. The number of nitrogens with two attached hydrogens (primary N) is 2. The van der Waals surface area contributed by atoms with E-state index in [9.17, 15) is 14.4 Å². The van der Waals surface area contributed by atoms with Gasteiger partial charge in [-0.25, -0.2) is 0 Å². The second-order valence-corrected chi connectivity index (χ2v) is 3.72. The lowest BCUT2D eigenvalue weighted by Gasteiger charge is -2.16. The zero-order valence-corrected chi connectivity index (χ0v) is 9.99. The molecule has 7 heteroatoms. The molecule has 0 rings (SSSR count). The smallest absolute Gasteiger partial charge is 0.243 e. The van der Waals surface area contributed by atoms with Gasteiger partial charge in [0, 0.05) is 6.92 Å². The summed E-state index contributed by atoms with van der Waals surface area (Å²) in [5.41, 5.74) is 10.2. The van der Waals surface area contributed by atoms with Gasteiger partial charge in [-0.2, -0.15) is 0 Å². The van der Waals surface area contributed by atoms with Crippen LogP contribution in [0.3, 0.4) is 0 Å². The normalized spacial score (nSPS) is 11.6. The van der Waals surface area contributed by atoms with Crippen LogP contribution in [-0.2, 0) is 14.4 Å². The van der Waals surface area contributed by atoms with E-state index in [4.69, 9.17) is 11.5 Å². The van der Waals surface area contributed by atoms with Crippen LogP contribution < -0.4 is 22.1 Å². The van der Waals surface area contributed by atoms with Gasteiger partial charge in [0.15, 0.2) is 0 Å². The molecule has 0 saturated heterocycles. The van der Waals surface area contributed by atoms with Crippen LogP contribution in [0.2, 0.25) is 0 Å². The number of hydrogen-bond acceptors (Lipinski definition) is 4. The molecule has 0 aromatic carbocycles. The Labute approximate surface area is 100 Å². The van der Waals surface area contributed by atoms with Crippen molar-refractivity contribution in [2.45, 2.75) is 32.2 Å². The van der Waals surface area contributed by atoms with E-state index in [-0.39, 0.29) is 12.5 Å². The fourth-order valence-corrected chi connectivity index (χ4v) is 1.30. The average Bonchev–Trinajstić information content (AvgIpc) is 2.24. The molecule has 6 N–H and O–H groups in total. The SMILES string of the molecule is CC(=O)NC(CCCCN)C(=O)NCC(N)=O. The molecule has 0 radical (unpaired) electrons. The van der Waals surface area contributed by atoms with Crippen molar-refractivity contribution in [3.05, 3.63) is 0 Å². The zero-order chi connectivity index (χ0) is 13.3. The number of unbranched alkanes of at least 4 members (excludes halogenated alkanes) is 1. The van der Waals surface area contributed by atoms with Gasteiger partial charge in [0.25, 0.3) is 0 Å². The van der Waals surface area contributed by atoms with E-state index in [1.807, 2.05) is 0 Å². The lowest BCUT2D eigenvalue weighted by molar-refractivity contribution is -0.129. The third-order valence-corrected chi connectivity index (χ3v) is 2.08. The predicted molar refractivity (Wildman–Crippen MR) is 62.7 cm³/mol. The predicted octanol–water partition coefficient (Wildman–Crippen LogP) is -1.78. The molecule has 17 heavy (non-hydrogen) atoms. The number of rotatable bonds is 8. The summed E-state index contributed by atoms with van der Waals surface area (Å²) in [5, 5.41) is 4.87. The first kappa shape index (κ1) is 15.4. The van der Waals surface area contributed by atoms with Crippen molar-refractivity contribution in [2.75, 3.05) is 13.1 Å². The van der Waals surface area contributed by atoms with Crippen LogP contribution in [0.25, 0.3) is 0 Å². The molecular formula is C10H20N4O3. The lowest BCUT2D eigenvalue weighted by atomic mass is 10.1. The molecule has 0 saturated carbocycles. The summed E-state index contributed by atoms with van der Waals surface area (Å²) in [6, 6.07) is -0.640. The minimum atomic E-state index is -0.640. The molecule has 0 aliphatic carbocycles. The quantitative estimate of drug-likeness (QED) is 0.376. The van der Waals surface area contributed by atoms with Gasteiger partial charge < -0.3 is 22.1 Å². The van der Waals surface area contributed by atoms with Crippen molar-refractivity contribution in [3.8, 4) is 0 Å². The highest BCUT2D eigenvalue weighted by atomic mass is 16.2. The molecule has 3 amide bonds. The summed E-state index contributed by atoms with van der Waals surface area (Å²) in [4.78, 5) is 33.0. The average molecular weight is 244 g/mol. The summed E-state index contributed by atoms with van der Waals surface area (Å²) in [6.07, 6.45) is 1.99. The van der Waals surface area contributed by atoms with Crippen molar-refractivity contribution >= 4 is 17.7 Å². The number of hydrogen-bond donors (Lipinski definition) is 4. The molecule has 0 aliphatic rings. The molecule has 0 aliphatic heterocycles. The Morgan fingerprint density at radius 1 is 1.24 bits per heavy atom. The Morgan fingerprint density at radius 3 is 2.35 bits per heavy atom. The monoisotopic (exact) mass is 244 g/mol.